The molecule has 1 aliphatic heterocycles. The summed E-state index contributed by atoms with van der Waals surface area (Å²) in [6.45, 7) is 1.30. The van der Waals surface area contributed by atoms with E-state index >= 15 is 0 Å². The van der Waals surface area contributed by atoms with E-state index in [-0.39, 0.29) is 17.5 Å². The van der Waals surface area contributed by atoms with E-state index in [1.165, 1.54) is 13.3 Å². The van der Waals surface area contributed by atoms with Crippen LogP contribution in [0, 0.1) is 0 Å². The number of nitrogens with zero attached hydrogens (tertiary/aromatic N) is 2. The van der Waals surface area contributed by atoms with Crippen LogP contribution in [-0.2, 0) is 9.53 Å². The predicted molar refractivity (Wildman–Crippen MR) is 94.4 cm³/mol. The fraction of sp³-hybridized carbons (Fsp3) is 0.389. The molecule has 1 aromatic heterocycles. The number of carbonyl (C=O) groups is 1. The third-order valence-electron chi connectivity index (χ3n) is 4.33. The van der Waals surface area contributed by atoms with Crippen LogP contribution in [0.15, 0.2) is 47.5 Å². The Labute approximate surface area is 146 Å². The highest BCUT2D eigenvalue weighted by Crippen LogP contribution is 2.19. The lowest BCUT2D eigenvalue weighted by Crippen LogP contribution is -2.50. The normalized spacial score (nSPS) is 18.6. The molecule has 2 atom stereocenters. The monoisotopic (exact) mass is 342 g/mol. The van der Waals surface area contributed by atoms with Crippen LogP contribution in [0.4, 0.5) is 5.82 Å². The van der Waals surface area contributed by atoms with E-state index in [4.69, 9.17) is 4.74 Å². The van der Waals surface area contributed by atoms with Gasteiger partial charge in [0.25, 0.3) is 11.5 Å². The van der Waals surface area contributed by atoms with Crippen LogP contribution in [0.5, 0.6) is 0 Å². The molecule has 1 unspecified atom stereocenters. The first-order chi connectivity index (χ1) is 12.2. The van der Waals surface area contributed by atoms with Crippen LogP contribution in [-0.4, -0.2) is 42.1 Å². The van der Waals surface area contributed by atoms with Crippen LogP contribution < -0.4 is 15.8 Å². The zero-order valence-corrected chi connectivity index (χ0v) is 14.1. The highest BCUT2D eigenvalue weighted by atomic mass is 16.5. The first-order valence-corrected chi connectivity index (χ1v) is 8.36. The minimum atomic E-state index is -0.644. The molecule has 0 aliphatic carbocycles. The number of methoxy groups -OCH3 is 1. The average Bonchev–Trinajstić information content (AvgIpc) is 2.64. The first-order valence-electron chi connectivity index (χ1n) is 8.36. The molecule has 2 heterocycles. The van der Waals surface area contributed by atoms with Crippen molar-refractivity contribution in [1.82, 2.24) is 15.3 Å². The highest BCUT2D eigenvalue weighted by molar-refractivity contribution is 5.82. The van der Waals surface area contributed by atoms with Crippen LogP contribution in [0.2, 0.25) is 0 Å². The molecule has 0 spiro atoms. The van der Waals surface area contributed by atoms with E-state index in [0.29, 0.717) is 12.4 Å². The maximum Gasteiger partial charge on any atom is 0.290 e. The maximum absolute atomic E-state index is 12.6. The van der Waals surface area contributed by atoms with Gasteiger partial charge in [0.2, 0.25) is 0 Å². The Bertz CT molecular complexity index is 762. The number of amides is 1. The smallest absolute Gasteiger partial charge is 0.290 e. The van der Waals surface area contributed by atoms with Crippen LogP contribution in [0.25, 0.3) is 0 Å². The van der Waals surface area contributed by atoms with Gasteiger partial charge in [0, 0.05) is 38.6 Å². The Hall–Kier alpha value is -2.67. The molecular weight excluding hydrogens is 320 g/mol. The SMILES string of the molecule is CO[C@@H](C(=O)NC1CCCN(c2ncc[nH]c2=O)C1)c1ccccc1. The van der Waals surface area contributed by atoms with E-state index in [0.717, 1.165) is 24.9 Å². The number of piperidine rings is 1. The standard InChI is InChI=1S/C18H22N4O3/c1-25-15(13-6-3-2-4-7-13)17(23)21-14-8-5-11-22(12-14)16-18(24)20-10-9-19-16/h2-4,6-7,9-10,14-15H,5,8,11-12H2,1H3,(H,20,24)(H,21,23)/t14?,15-/m1/s1. The number of rotatable bonds is 5. The third kappa shape index (κ3) is 4.06. The second-order valence-corrected chi connectivity index (χ2v) is 6.06. The molecule has 3 rings (SSSR count). The van der Waals surface area contributed by atoms with E-state index in [1.807, 2.05) is 35.2 Å². The van der Waals surface area contributed by atoms with Gasteiger partial charge in [-0.05, 0) is 18.4 Å². The maximum atomic E-state index is 12.6. The van der Waals surface area contributed by atoms with Crippen molar-refractivity contribution < 1.29 is 9.53 Å². The molecule has 7 nitrogen and oxygen atoms in total. The summed E-state index contributed by atoms with van der Waals surface area (Å²) in [5.74, 6) is 0.225. The second-order valence-electron chi connectivity index (χ2n) is 6.06. The number of anilines is 1. The Morgan fingerprint density at radius 3 is 2.92 bits per heavy atom. The van der Waals surface area contributed by atoms with Gasteiger partial charge in [-0.2, -0.15) is 0 Å². The molecule has 25 heavy (non-hydrogen) atoms. The van der Waals surface area contributed by atoms with Crippen molar-refractivity contribution in [2.75, 3.05) is 25.1 Å². The van der Waals surface area contributed by atoms with Crippen molar-refractivity contribution in [2.45, 2.75) is 25.0 Å². The molecular formula is C18H22N4O3. The van der Waals surface area contributed by atoms with Gasteiger partial charge >= 0.3 is 0 Å². The second kappa shape index (κ2) is 7.94. The molecule has 132 valence electrons. The largest absolute Gasteiger partial charge is 0.367 e. The summed E-state index contributed by atoms with van der Waals surface area (Å²) in [4.78, 5) is 33.2. The minimum Gasteiger partial charge on any atom is -0.367 e. The Morgan fingerprint density at radius 2 is 2.20 bits per heavy atom. The number of aromatic nitrogens is 2. The summed E-state index contributed by atoms with van der Waals surface area (Å²) in [6, 6.07) is 9.35. The minimum absolute atomic E-state index is 0.0518. The van der Waals surface area contributed by atoms with Gasteiger partial charge < -0.3 is 19.9 Å². The summed E-state index contributed by atoms with van der Waals surface area (Å²) >= 11 is 0. The van der Waals surface area contributed by atoms with Crippen LogP contribution in [0.3, 0.4) is 0 Å². The lowest BCUT2D eigenvalue weighted by molar-refractivity contribution is -0.132. The number of ether oxygens (including phenoxy) is 1. The topological polar surface area (TPSA) is 87.3 Å². The van der Waals surface area contributed by atoms with E-state index in [9.17, 15) is 9.59 Å². The van der Waals surface area contributed by atoms with Crippen molar-refractivity contribution in [1.29, 1.82) is 0 Å². The Morgan fingerprint density at radius 1 is 1.40 bits per heavy atom. The molecule has 1 aromatic carbocycles. The molecule has 1 aliphatic rings. The fourth-order valence-corrected chi connectivity index (χ4v) is 3.16. The number of nitrogens with one attached hydrogen (secondary N) is 2. The summed E-state index contributed by atoms with van der Waals surface area (Å²) in [6.07, 6.45) is 4.17. The molecule has 2 N–H and O–H groups in total. The van der Waals surface area contributed by atoms with Gasteiger partial charge in [-0.1, -0.05) is 30.3 Å². The number of H-pyrrole nitrogens is 1. The van der Waals surface area contributed by atoms with Crippen molar-refractivity contribution in [2.24, 2.45) is 0 Å². The van der Waals surface area contributed by atoms with Gasteiger partial charge in [-0.25, -0.2) is 4.98 Å². The van der Waals surface area contributed by atoms with Crippen molar-refractivity contribution in [3.05, 3.63) is 58.6 Å². The van der Waals surface area contributed by atoms with Gasteiger partial charge in [0.05, 0.1) is 0 Å². The van der Waals surface area contributed by atoms with Crippen molar-refractivity contribution in [3.8, 4) is 0 Å². The zero-order chi connectivity index (χ0) is 17.6. The quantitative estimate of drug-likeness (QED) is 0.854. The third-order valence-corrected chi connectivity index (χ3v) is 4.33. The zero-order valence-electron chi connectivity index (χ0n) is 14.1. The molecule has 7 heteroatoms. The average molecular weight is 342 g/mol. The Balaban J connectivity index is 1.67. The molecule has 1 fully saturated rings. The van der Waals surface area contributed by atoms with Crippen molar-refractivity contribution in [3.63, 3.8) is 0 Å². The van der Waals surface area contributed by atoms with Gasteiger partial charge in [-0.3, -0.25) is 9.59 Å². The van der Waals surface area contributed by atoms with Crippen molar-refractivity contribution >= 4 is 11.7 Å². The summed E-state index contributed by atoms with van der Waals surface area (Å²) in [5.41, 5.74) is 0.602. The van der Waals surface area contributed by atoms with E-state index < -0.39 is 6.10 Å². The highest BCUT2D eigenvalue weighted by Gasteiger charge is 2.27. The number of benzene rings is 1. The number of carbonyl (C=O) groups excluding carboxylic acids is 1. The lowest BCUT2D eigenvalue weighted by Gasteiger charge is -2.34. The molecule has 1 amide bonds. The molecule has 1 saturated heterocycles. The van der Waals surface area contributed by atoms with Crippen LogP contribution >= 0.6 is 0 Å². The summed E-state index contributed by atoms with van der Waals surface area (Å²) < 4.78 is 5.38. The number of hydrogen-bond acceptors (Lipinski definition) is 5. The molecule has 0 bridgehead atoms. The van der Waals surface area contributed by atoms with Gasteiger partial charge in [0.1, 0.15) is 0 Å². The van der Waals surface area contributed by atoms with E-state index in [2.05, 4.69) is 15.3 Å². The van der Waals surface area contributed by atoms with E-state index in [1.54, 1.807) is 6.20 Å². The molecule has 0 saturated carbocycles. The van der Waals surface area contributed by atoms with Gasteiger partial charge in [-0.15, -0.1) is 0 Å². The Kier molecular flexibility index (Phi) is 5.45. The van der Waals surface area contributed by atoms with Crippen LogP contribution in [0.1, 0.15) is 24.5 Å². The first kappa shape index (κ1) is 17.2. The summed E-state index contributed by atoms with van der Waals surface area (Å²) in [5, 5.41) is 3.04. The number of aromatic amines is 1. The predicted octanol–water partition coefficient (Wildman–Crippen LogP) is 1.24. The molecule has 0 radical (unpaired) electrons. The lowest BCUT2D eigenvalue weighted by atomic mass is 10.0. The summed E-state index contributed by atoms with van der Waals surface area (Å²) in [7, 11) is 1.53. The number of hydrogen-bond donors (Lipinski definition) is 2. The fourth-order valence-electron chi connectivity index (χ4n) is 3.16. The van der Waals surface area contributed by atoms with Gasteiger partial charge in [0.15, 0.2) is 11.9 Å². The molecule has 2 aromatic rings.